The zero-order valence-corrected chi connectivity index (χ0v) is 11.6. The zero-order chi connectivity index (χ0) is 13.8. The van der Waals surface area contributed by atoms with Gasteiger partial charge in [0.15, 0.2) is 11.6 Å². The van der Waals surface area contributed by atoms with Gasteiger partial charge in [0.25, 0.3) is 0 Å². The molecule has 0 unspecified atom stereocenters. The maximum Gasteiger partial charge on any atom is 0.165 e. The summed E-state index contributed by atoms with van der Waals surface area (Å²) in [6.45, 7) is 2.56. The Hall–Kier alpha value is -1.58. The van der Waals surface area contributed by atoms with Gasteiger partial charge in [-0.25, -0.2) is 4.39 Å². The van der Waals surface area contributed by atoms with Crippen molar-refractivity contribution in [2.24, 2.45) is 0 Å². The third-order valence-corrected chi connectivity index (χ3v) is 3.06. The van der Waals surface area contributed by atoms with E-state index in [0.29, 0.717) is 17.3 Å². The molecule has 0 spiro atoms. The number of aryl methyl sites for hydroxylation is 1. The average molecular weight is 280 g/mol. The van der Waals surface area contributed by atoms with Crippen LogP contribution in [-0.4, -0.2) is 7.05 Å². The minimum absolute atomic E-state index is 0.206. The van der Waals surface area contributed by atoms with Crippen LogP contribution < -0.4 is 10.1 Å². The Morgan fingerprint density at radius 1 is 1.21 bits per heavy atom. The van der Waals surface area contributed by atoms with Crippen LogP contribution in [0.25, 0.3) is 0 Å². The van der Waals surface area contributed by atoms with Crippen LogP contribution in [0.5, 0.6) is 11.5 Å². The van der Waals surface area contributed by atoms with Crippen molar-refractivity contribution in [1.29, 1.82) is 0 Å². The topological polar surface area (TPSA) is 21.3 Å². The van der Waals surface area contributed by atoms with Gasteiger partial charge in [-0.1, -0.05) is 23.7 Å². The summed E-state index contributed by atoms with van der Waals surface area (Å²) < 4.78 is 19.1. The smallest absolute Gasteiger partial charge is 0.165 e. The van der Waals surface area contributed by atoms with Crippen LogP contribution in [0.3, 0.4) is 0 Å². The van der Waals surface area contributed by atoms with Crippen LogP contribution in [0, 0.1) is 12.7 Å². The van der Waals surface area contributed by atoms with Crippen molar-refractivity contribution in [3.8, 4) is 11.5 Å². The van der Waals surface area contributed by atoms with Crippen molar-refractivity contribution < 1.29 is 9.13 Å². The van der Waals surface area contributed by atoms with Crippen LogP contribution in [-0.2, 0) is 6.54 Å². The molecule has 2 nitrogen and oxygen atoms in total. The minimum Gasteiger partial charge on any atom is -0.454 e. The molecule has 0 aliphatic rings. The number of ether oxygens (including phenoxy) is 1. The molecule has 0 aliphatic carbocycles. The molecular formula is C15H15ClFNO. The molecule has 0 amide bonds. The number of rotatable bonds is 4. The lowest BCUT2D eigenvalue weighted by Gasteiger charge is -2.10. The highest BCUT2D eigenvalue weighted by Crippen LogP contribution is 2.29. The average Bonchev–Trinajstić information content (AvgIpc) is 2.37. The fourth-order valence-electron chi connectivity index (χ4n) is 1.74. The molecule has 4 heteroatoms. The molecule has 2 aromatic carbocycles. The summed E-state index contributed by atoms with van der Waals surface area (Å²) in [5.74, 6) is 0.341. The van der Waals surface area contributed by atoms with Gasteiger partial charge in [0.1, 0.15) is 5.75 Å². The van der Waals surface area contributed by atoms with E-state index in [1.165, 1.54) is 6.07 Å². The fourth-order valence-corrected chi connectivity index (χ4v) is 1.98. The van der Waals surface area contributed by atoms with Crippen molar-refractivity contribution in [3.05, 3.63) is 58.4 Å². The van der Waals surface area contributed by atoms with Gasteiger partial charge in [-0.05, 0) is 49.4 Å². The molecule has 2 rings (SSSR count). The molecule has 0 aliphatic heterocycles. The first-order valence-corrected chi connectivity index (χ1v) is 6.35. The highest BCUT2D eigenvalue weighted by atomic mass is 35.5. The van der Waals surface area contributed by atoms with E-state index >= 15 is 0 Å². The monoisotopic (exact) mass is 279 g/mol. The third-order valence-electron chi connectivity index (χ3n) is 2.71. The van der Waals surface area contributed by atoms with Crippen LogP contribution in [0.15, 0.2) is 36.4 Å². The standard InChI is InChI=1S/C15H15ClFNO/c1-10-3-6-14(17)15(7-10)19-12-5-4-11(9-18-2)13(16)8-12/h3-8,18H,9H2,1-2H3. The predicted octanol–water partition coefficient (Wildman–Crippen LogP) is 4.30. The maximum absolute atomic E-state index is 13.6. The number of hydrogen-bond acceptors (Lipinski definition) is 2. The lowest BCUT2D eigenvalue weighted by atomic mass is 10.2. The molecule has 19 heavy (non-hydrogen) atoms. The summed E-state index contributed by atoms with van der Waals surface area (Å²) in [4.78, 5) is 0. The van der Waals surface area contributed by atoms with Gasteiger partial charge in [0.2, 0.25) is 0 Å². The number of benzene rings is 2. The Bertz CT molecular complexity index is 586. The zero-order valence-electron chi connectivity index (χ0n) is 10.8. The molecule has 2 aromatic rings. The van der Waals surface area contributed by atoms with E-state index in [9.17, 15) is 4.39 Å². The van der Waals surface area contributed by atoms with Crippen molar-refractivity contribution >= 4 is 11.6 Å². The van der Waals surface area contributed by atoms with Crippen LogP contribution in [0.1, 0.15) is 11.1 Å². The summed E-state index contributed by atoms with van der Waals surface area (Å²) in [5, 5.41) is 3.62. The molecule has 0 bridgehead atoms. The first kappa shape index (κ1) is 13.8. The van der Waals surface area contributed by atoms with Crippen LogP contribution >= 0.6 is 11.6 Å². The Morgan fingerprint density at radius 3 is 2.68 bits per heavy atom. The molecule has 0 atom stereocenters. The second-order valence-electron chi connectivity index (χ2n) is 4.32. The Morgan fingerprint density at radius 2 is 2.00 bits per heavy atom. The van der Waals surface area contributed by atoms with Crippen LogP contribution in [0.4, 0.5) is 4.39 Å². The second kappa shape index (κ2) is 6.04. The molecule has 0 fully saturated rings. The predicted molar refractivity (Wildman–Crippen MR) is 75.4 cm³/mol. The summed E-state index contributed by atoms with van der Waals surface area (Å²) >= 11 is 6.13. The van der Waals surface area contributed by atoms with E-state index < -0.39 is 0 Å². The number of hydrogen-bond donors (Lipinski definition) is 1. The molecule has 0 radical (unpaired) electrons. The summed E-state index contributed by atoms with van der Waals surface area (Å²) in [7, 11) is 1.85. The first-order valence-electron chi connectivity index (χ1n) is 5.97. The molecule has 0 saturated carbocycles. The SMILES string of the molecule is CNCc1ccc(Oc2cc(C)ccc2F)cc1Cl. The molecule has 0 heterocycles. The van der Waals surface area contributed by atoms with Gasteiger partial charge in [-0.2, -0.15) is 0 Å². The van der Waals surface area contributed by atoms with Crippen molar-refractivity contribution in [2.75, 3.05) is 7.05 Å². The lowest BCUT2D eigenvalue weighted by molar-refractivity contribution is 0.441. The quantitative estimate of drug-likeness (QED) is 0.901. The molecule has 0 aromatic heterocycles. The normalized spacial score (nSPS) is 10.5. The van der Waals surface area contributed by atoms with E-state index in [2.05, 4.69) is 5.32 Å². The van der Waals surface area contributed by atoms with Crippen molar-refractivity contribution in [1.82, 2.24) is 5.32 Å². The summed E-state index contributed by atoms with van der Waals surface area (Å²) in [6, 6.07) is 10.1. The Kier molecular flexibility index (Phi) is 4.40. The van der Waals surface area contributed by atoms with Gasteiger partial charge in [0, 0.05) is 11.6 Å². The third kappa shape index (κ3) is 3.46. The van der Waals surface area contributed by atoms with Gasteiger partial charge < -0.3 is 10.1 Å². The van der Waals surface area contributed by atoms with E-state index in [-0.39, 0.29) is 11.6 Å². The Labute approximate surface area is 117 Å². The fraction of sp³-hybridized carbons (Fsp3) is 0.200. The Balaban J connectivity index is 2.24. The molecular weight excluding hydrogens is 265 g/mol. The van der Waals surface area contributed by atoms with E-state index in [0.717, 1.165) is 11.1 Å². The highest BCUT2D eigenvalue weighted by Gasteiger charge is 2.07. The maximum atomic E-state index is 13.6. The van der Waals surface area contributed by atoms with Crippen LogP contribution in [0.2, 0.25) is 5.02 Å². The van der Waals surface area contributed by atoms with Crippen molar-refractivity contribution in [2.45, 2.75) is 13.5 Å². The highest BCUT2D eigenvalue weighted by molar-refractivity contribution is 6.31. The second-order valence-corrected chi connectivity index (χ2v) is 4.73. The minimum atomic E-state index is -0.388. The first-order chi connectivity index (χ1) is 9.10. The summed E-state index contributed by atoms with van der Waals surface area (Å²) in [5.41, 5.74) is 1.91. The largest absolute Gasteiger partial charge is 0.454 e. The molecule has 100 valence electrons. The van der Waals surface area contributed by atoms with Gasteiger partial charge in [-0.3, -0.25) is 0 Å². The van der Waals surface area contributed by atoms with Gasteiger partial charge >= 0.3 is 0 Å². The number of halogens is 2. The van der Waals surface area contributed by atoms with Gasteiger partial charge in [-0.15, -0.1) is 0 Å². The van der Waals surface area contributed by atoms with Gasteiger partial charge in [0.05, 0.1) is 0 Å². The molecule has 0 saturated heterocycles. The molecule has 1 N–H and O–H groups in total. The number of nitrogens with one attached hydrogen (secondary N) is 1. The van der Waals surface area contributed by atoms with Crippen molar-refractivity contribution in [3.63, 3.8) is 0 Å². The van der Waals surface area contributed by atoms with E-state index in [1.807, 2.05) is 20.0 Å². The lowest BCUT2D eigenvalue weighted by Crippen LogP contribution is -2.05. The summed E-state index contributed by atoms with van der Waals surface area (Å²) in [6.07, 6.45) is 0. The van der Waals surface area contributed by atoms with E-state index in [4.69, 9.17) is 16.3 Å². The van der Waals surface area contributed by atoms with E-state index in [1.54, 1.807) is 24.3 Å².